The van der Waals surface area contributed by atoms with Gasteiger partial charge in [-0.15, -0.1) is 0 Å². The molecule has 2 aliphatic rings. The molecule has 0 amide bonds. The van der Waals surface area contributed by atoms with Gasteiger partial charge in [0.25, 0.3) is 0 Å². The predicted octanol–water partition coefficient (Wildman–Crippen LogP) is 3.19. The van der Waals surface area contributed by atoms with E-state index in [0.29, 0.717) is 17.5 Å². The van der Waals surface area contributed by atoms with Crippen LogP contribution in [0.2, 0.25) is 0 Å². The average Bonchev–Trinajstić information content (AvgIpc) is 2.58. The monoisotopic (exact) mass is 315 g/mol. The number of piperidine rings is 1. The lowest BCUT2D eigenvalue weighted by atomic mass is 9.67. The number of benzene rings is 1. The number of nitrogens with one attached hydrogen (secondary N) is 2. The molecule has 1 saturated carbocycles. The van der Waals surface area contributed by atoms with E-state index in [-0.39, 0.29) is 0 Å². The Morgan fingerprint density at radius 3 is 2.35 bits per heavy atom. The summed E-state index contributed by atoms with van der Waals surface area (Å²) in [7, 11) is 4.34. The van der Waals surface area contributed by atoms with Crippen molar-refractivity contribution in [3.63, 3.8) is 0 Å². The predicted molar refractivity (Wildman–Crippen MR) is 97.7 cm³/mol. The summed E-state index contributed by atoms with van der Waals surface area (Å²) >= 11 is 0. The van der Waals surface area contributed by atoms with Crippen molar-refractivity contribution >= 4 is 0 Å². The topological polar surface area (TPSA) is 27.3 Å². The van der Waals surface area contributed by atoms with Crippen molar-refractivity contribution < 1.29 is 0 Å². The Kier molecular flexibility index (Phi) is 5.73. The highest BCUT2D eigenvalue weighted by Gasteiger charge is 2.36. The second-order valence-corrected chi connectivity index (χ2v) is 7.92. The Labute approximate surface area is 141 Å². The van der Waals surface area contributed by atoms with Crippen LogP contribution in [0.1, 0.15) is 50.1 Å². The molecule has 1 aromatic carbocycles. The van der Waals surface area contributed by atoms with Gasteiger partial charge >= 0.3 is 0 Å². The zero-order valence-electron chi connectivity index (χ0n) is 14.9. The van der Waals surface area contributed by atoms with Crippen molar-refractivity contribution in [3.05, 3.63) is 35.9 Å². The fourth-order valence-electron chi connectivity index (χ4n) is 4.44. The molecule has 1 aromatic rings. The molecule has 0 aromatic heterocycles. The third-order valence-corrected chi connectivity index (χ3v) is 5.90. The third-order valence-electron chi connectivity index (χ3n) is 5.90. The first-order valence-electron chi connectivity index (χ1n) is 9.33. The molecular formula is C20H33N3. The van der Waals surface area contributed by atoms with Crippen LogP contribution in [0.4, 0.5) is 0 Å². The number of rotatable bonds is 5. The van der Waals surface area contributed by atoms with Crippen LogP contribution in [-0.2, 0) is 0 Å². The highest BCUT2D eigenvalue weighted by atomic mass is 15.1. The van der Waals surface area contributed by atoms with Crippen LogP contribution in [-0.4, -0.2) is 44.7 Å². The maximum atomic E-state index is 3.97. The summed E-state index contributed by atoms with van der Waals surface area (Å²) < 4.78 is 0. The summed E-state index contributed by atoms with van der Waals surface area (Å²) in [5, 5.41) is 7.49. The molecule has 0 unspecified atom stereocenters. The summed E-state index contributed by atoms with van der Waals surface area (Å²) in [6.45, 7) is 3.52. The van der Waals surface area contributed by atoms with E-state index in [1.165, 1.54) is 57.2 Å². The summed E-state index contributed by atoms with van der Waals surface area (Å²) in [5.74, 6) is 0. The average molecular weight is 316 g/mol. The van der Waals surface area contributed by atoms with Crippen LogP contribution < -0.4 is 10.6 Å². The van der Waals surface area contributed by atoms with E-state index >= 15 is 0 Å². The lowest BCUT2D eigenvalue weighted by molar-refractivity contribution is 0.110. The Balaban J connectivity index is 1.58. The second kappa shape index (κ2) is 7.78. The molecule has 128 valence electrons. The zero-order chi connectivity index (χ0) is 16.1. The van der Waals surface area contributed by atoms with Crippen molar-refractivity contribution in [2.45, 2.75) is 50.6 Å². The molecule has 1 saturated heterocycles. The Hall–Kier alpha value is -0.900. The van der Waals surface area contributed by atoms with Crippen LogP contribution >= 0.6 is 0 Å². The summed E-state index contributed by atoms with van der Waals surface area (Å²) in [6.07, 6.45) is 8.29. The zero-order valence-corrected chi connectivity index (χ0v) is 14.9. The minimum absolute atomic E-state index is 0.443. The van der Waals surface area contributed by atoms with Gasteiger partial charge in [-0.2, -0.15) is 0 Å². The van der Waals surface area contributed by atoms with Crippen molar-refractivity contribution in [1.82, 2.24) is 15.5 Å². The molecule has 3 nitrogen and oxygen atoms in total. The minimum atomic E-state index is 0.443. The van der Waals surface area contributed by atoms with Crippen LogP contribution in [0.25, 0.3) is 0 Å². The van der Waals surface area contributed by atoms with Crippen molar-refractivity contribution in [2.24, 2.45) is 5.41 Å². The van der Waals surface area contributed by atoms with E-state index in [1.54, 1.807) is 0 Å². The number of hydrogen-bond donors (Lipinski definition) is 2. The van der Waals surface area contributed by atoms with Gasteiger partial charge in [0.15, 0.2) is 0 Å². The first-order chi connectivity index (χ1) is 11.2. The molecule has 0 radical (unpaired) electrons. The molecule has 1 aliphatic carbocycles. The SMILES string of the molecule is CN(C)C[C@@H](NC1CCC2(CCNCC2)CC1)c1ccccc1. The van der Waals surface area contributed by atoms with Gasteiger partial charge in [0.1, 0.15) is 0 Å². The molecule has 1 atom stereocenters. The Morgan fingerprint density at radius 2 is 1.74 bits per heavy atom. The number of hydrogen-bond acceptors (Lipinski definition) is 3. The molecule has 1 spiro atoms. The molecule has 1 aliphatic heterocycles. The van der Waals surface area contributed by atoms with Crippen LogP contribution in [0.15, 0.2) is 30.3 Å². The van der Waals surface area contributed by atoms with Crippen molar-refractivity contribution in [1.29, 1.82) is 0 Å². The van der Waals surface area contributed by atoms with Gasteiger partial charge in [0.2, 0.25) is 0 Å². The maximum absolute atomic E-state index is 3.97. The summed E-state index contributed by atoms with van der Waals surface area (Å²) in [4.78, 5) is 2.29. The third kappa shape index (κ3) is 4.56. The molecule has 23 heavy (non-hydrogen) atoms. The first-order valence-corrected chi connectivity index (χ1v) is 9.33. The molecule has 3 rings (SSSR count). The fraction of sp³-hybridized carbons (Fsp3) is 0.700. The maximum Gasteiger partial charge on any atom is 0.0451 e. The highest BCUT2D eigenvalue weighted by molar-refractivity contribution is 5.19. The van der Waals surface area contributed by atoms with E-state index in [2.05, 4.69) is 60.0 Å². The Morgan fingerprint density at radius 1 is 1.09 bits per heavy atom. The van der Waals surface area contributed by atoms with Crippen molar-refractivity contribution in [2.75, 3.05) is 33.7 Å². The van der Waals surface area contributed by atoms with Gasteiger partial charge in [-0.05, 0) is 76.7 Å². The van der Waals surface area contributed by atoms with E-state index in [9.17, 15) is 0 Å². The van der Waals surface area contributed by atoms with E-state index in [0.717, 1.165) is 6.54 Å². The van der Waals surface area contributed by atoms with Crippen LogP contribution in [0, 0.1) is 5.41 Å². The van der Waals surface area contributed by atoms with Crippen LogP contribution in [0.5, 0.6) is 0 Å². The lowest BCUT2D eigenvalue weighted by Crippen LogP contribution is -2.45. The molecule has 1 heterocycles. The van der Waals surface area contributed by atoms with Gasteiger partial charge in [-0.3, -0.25) is 0 Å². The summed E-state index contributed by atoms with van der Waals surface area (Å²) in [5.41, 5.74) is 2.08. The molecule has 2 fully saturated rings. The Bertz CT molecular complexity index is 455. The molecular weight excluding hydrogens is 282 g/mol. The standard InChI is InChI=1S/C20H33N3/c1-23(2)16-19(17-6-4-3-5-7-17)22-18-8-10-20(11-9-18)12-14-21-15-13-20/h3-7,18-19,21-22H,8-16H2,1-2H3/t19-/m1/s1. The van der Waals surface area contributed by atoms with E-state index in [4.69, 9.17) is 0 Å². The minimum Gasteiger partial charge on any atom is -0.317 e. The van der Waals surface area contributed by atoms with Crippen LogP contribution in [0.3, 0.4) is 0 Å². The van der Waals surface area contributed by atoms with E-state index < -0.39 is 0 Å². The quantitative estimate of drug-likeness (QED) is 0.874. The smallest absolute Gasteiger partial charge is 0.0451 e. The fourth-order valence-corrected chi connectivity index (χ4v) is 4.44. The lowest BCUT2D eigenvalue weighted by Gasteiger charge is -2.44. The van der Waals surface area contributed by atoms with Gasteiger partial charge in [-0.25, -0.2) is 0 Å². The largest absolute Gasteiger partial charge is 0.317 e. The number of nitrogens with zero attached hydrogens (tertiary/aromatic N) is 1. The van der Waals surface area contributed by atoms with Gasteiger partial charge < -0.3 is 15.5 Å². The molecule has 3 heteroatoms. The van der Waals surface area contributed by atoms with Gasteiger partial charge in [0.05, 0.1) is 0 Å². The summed E-state index contributed by atoms with van der Waals surface area (Å²) in [6, 6.07) is 12.1. The first kappa shape index (κ1) is 16.9. The molecule has 2 N–H and O–H groups in total. The van der Waals surface area contributed by atoms with Gasteiger partial charge in [0, 0.05) is 18.6 Å². The van der Waals surface area contributed by atoms with Crippen molar-refractivity contribution in [3.8, 4) is 0 Å². The van der Waals surface area contributed by atoms with Gasteiger partial charge in [-0.1, -0.05) is 30.3 Å². The van der Waals surface area contributed by atoms with E-state index in [1.807, 2.05) is 0 Å². The number of likely N-dealkylation sites (N-methyl/N-ethyl adjacent to an activating group) is 1. The normalized spacial score (nSPS) is 23.3. The highest BCUT2D eigenvalue weighted by Crippen LogP contribution is 2.43. The molecule has 0 bridgehead atoms. The second-order valence-electron chi connectivity index (χ2n) is 7.92.